The summed E-state index contributed by atoms with van der Waals surface area (Å²) in [5.41, 5.74) is 2.24. The molecule has 3 rings (SSSR count). The number of rotatable bonds is 6. The van der Waals surface area contributed by atoms with Gasteiger partial charge >= 0.3 is 0 Å². The maximum atomic E-state index is 14.5. The van der Waals surface area contributed by atoms with Gasteiger partial charge in [0.25, 0.3) is 5.92 Å². The molecule has 2 aromatic rings. The van der Waals surface area contributed by atoms with Crippen molar-refractivity contribution in [2.45, 2.75) is 45.0 Å². The Morgan fingerprint density at radius 2 is 1.83 bits per heavy atom. The molecule has 0 amide bonds. The zero-order valence-electron chi connectivity index (χ0n) is 13.7. The lowest BCUT2D eigenvalue weighted by atomic mass is 9.83. The number of halogens is 3. The van der Waals surface area contributed by atoms with Crippen LogP contribution in [-0.2, 0) is 12.3 Å². The fourth-order valence-corrected chi connectivity index (χ4v) is 3.54. The van der Waals surface area contributed by atoms with Gasteiger partial charge in [0.1, 0.15) is 5.75 Å². The average molecular weight is 395 g/mol. The highest BCUT2D eigenvalue weighted by Crippen LogP contribution is 2.46. The lowest BCUT2D eigenvalue weighted by molar-refractivity contribution is -0.00489. The summed E-state index contributed by atoms with van der Waals surface area (Å²) in [5, 5.41) is 0. The quantitative estimate of drug-likeness (QED) is 0.493. The highest BCUT2D eigenvalue weighted by atomic mass is 79.9. The normalized spacial score (nSPS) is 14.8. The molecule has 0 N–H and O–H groups in total. The molecular formula is C20H21BrF2O. The summed E-state index contributed by atoms with van der Waals surface area (Å²) in [4.78, 5) is 0. The van der Waals surface area contributed by atoms with E-state index in [1.165, 1.54) is 18.9 Å². The van der Waals surface area contributed by atoms with Crippen LogP contribution in [0.4, 0.5) is 8.78 Å². The van der Waals surface area contributed by atoms with Crippen molar-refractivity contribution in [3.05, 3.63) is 52.0 Å². The summed E-state index contributed by atoms with van der Waals surface area (Å²) in [6.07, 6.45) is 4.24. The van der Waals surface area contributed by atoms with E-state index in [9.17, 15) is 8.78 Å². The minimum atomic E-state index is -2.86. The second kappa shape index (κ2) is 7.22. The van der Waals surface area contributed by atoms with Crippen LogP contribution in [0.1, 0.15) is 43.7 Å². The zero-order chi connectivity index (χ0) is 17.2. The van der Waals surface area contributed by atoms with Crippen molar-refractivity contribution in [2.24, 2.45) is 0 Å². The first-order valence-electron chi connectivity index (χ1n) is 8.45. The number of hydrogen-bond donors (Lipinski definition) is 0. The van der Waals surface area contributed by atoms with Crippen LogP contribution >= 0.6 is 15.9 Å². The van der Waals surface area contributed by atoms with Gasteiger partial charge in [0.2, 0.25) is 0 Å². The summed E-state index contributed by atoms with van der Waals surface area (Å²) in [7, 11) is 0. The molecule has 4 heteroatoms. The van der Waals surface area contributed by atoms with Crippen molar-refractivity contribution in [2.75, 3.05) is 6.61 Å². The molecule has 0 aromatic heterocycles. The van der Waals surface area contributed by atoms with Gasteiger partial charge < -0.3 is 4.74 Å². The van der Waals surface area contributed by atoms with Gasteiger partial charge in [0, 0.05) is 16.5 Å². The van der Waals surface area contributed by atoms with E-state index in [1.807, 2.05) is 18.2 Å². The summed E-state index contributed by atoms with van der Waals surface area (Å²) >= 11 is 3.29. The van der Waals surface area contributed by atoms with Crippen LogP contribution in [0.25, 0.3) is 11.1 Å². The molecule has 0 heterocycles. The van der Waals surface area contributed by atoms with E-state index in [2.05, 4.69) is 22.9 Å². The zero-order valence-corrected chi connectivity index (χ0v) is 15.3. The fraction of sp³-hybridized carbons (Fsp3) is 0.400. The Balaban J connectivity index is 1.82. The first-order chi connectivity index (χ1) is 11.5. The van der Waals surface area contributed by atoms with Gasteiger partial charge in [0.15, 0.2) is 0 Å². The van der Waals surface area contributed by atoms with Crippen molar-refractivity contribution in [3.8, 4) is 16.9 Å². The number of alkyl halides is 2. The smallest absolute Gasteiger partial charge is 0.277 e. The molecule has 0 fully saturated rings. The molecule has 128 valence electrons. The first kappa shape index (κ1) is 17.4. The van der Waals surface area contributed by atoms with Gasteiger partial charge in [-0.15, -0.1) is 0 Å². The molecule has 0 saturated heterocycles. The van der Waals surface area contributed by atoms with Crippen LogP contribution in [0.15, 0.2) is 40.9 Å². The van der Waals surface area contributed by atoms with Crippen molar-refractivity contribution in [1.29, 1.82) is 0 Å². The molecule has 2 aromatic carbocycles. The molecular weight excluding hydrogens is 374 g/mol. The molecule has 0 atom stereocenters. The van der Waals surface area contributed by atoms with E-state index >= 15 is 0 Å². The highest BCUT2D eigenvalue weighted by Gasteiger charge is 2.39. The topological polar surface area (TPSA) is 9.23 Å². The number of fused-ring (bicyclic) bond motifs is 3. The minimum absolute atomic E-state index is 0.0950. The second-order valence-corrected chi connectivity index (χ2v) is 7.21. The Morgan fingerprint density at radius 3 is 2.62 bits per heavy atom. The predicted molar refractivity (Wildman–Crippen MR) is 96.8 cm³/mol. The fourth-order valence-electron chi connectivity index (χ4n) is 3.18. The van der Waals surface area contributed by atoms with Crippen LogP contribution in [0, 0.1) is 0 Å². The molecule has 0 spiro atoms. The Labute approximate surface area is 150 Å². The van der Waals surface area contributed by atoms with Crippen LogP contribution in [0.2, 0.25) is 0 Å². The van der Waals surface area contributed by atoms with Crippen LogP contribution in [0.5, 0.6) is 5.75 Å². The van der Waals surface area contributed by atoms with Crippen LogP contribution < -0.4 is 4.74 Å². The van der Waals surface area contributed by atoms with E-state index in [-0.39, 0.29) is 12.0 Å². The average Bonchev–Trinajstić information content (AvgIpc) is 2.54. The maximum Gasteiger partial charge on any atom is 0.277 e. The Kier molecular flexibility index (Phi) is 5.24. The minimum Gasteiger partial charge on any atom is -0.494 e. The lowest BCUT2D eigenvalue weighted by Crippen LogP contribution is -2.22. The van der Waals surface area contributed by atoms with E-state index in [0.29, 0.717) is 28.0 Å². The molecule has 0 radical (unpaired) electrons. The molecule has 24 heavy (non-hydrogen) atoms. The van der Waals surface area contributed by atoms with Gasteiger partial charge in [0.05, 0.1) is 6.61 Å². The van der Waals surface area contributed by atoms with Crippen molar-refractivity contribution in [1.82, 2.24) is 0 Å². The first-order valence-corrected chi connectivity index (χ1v) is 9.24. The highest BCUT2D eigenvalue weighted by molar-refractivity contribution is 9.10. The predicted octanol–water partition coefficient (Wildman–Crippen LogP) is 6.72. The molecule has 0 unspecified atom stereocenters. The number of unbranched alkanes of at least 4 members (excludes halogenated alkanes) is 3. The van der Waals surface area contributed by atoms with Gasteiger partial charge in [-0.1, -0.05) is 54.2 Å². The Hall–Kier alpha value is -1.42. The number of hydrogen-bond acceptors (Lipinski definition) is 1. The summed E-state index contributed by atoms with van der Waals surface area (Å²) < 4.78 is 35.5. The van der Waals surface area contributed by atoms with E-state index in [1.54, 1.807) is 12.1 Å². The third-order valence-electron chi connectivity index (χ3n) is 4.42. The molecule has 1 aliphatic rings. The number of benzene rings is 2. The van der Waals surface area contributed by atoms with Crippen molar-refractivity contribution >= 4 is 15.9 Å². The standard InChI is InChI=1S/C20H21BrF2O/c1-2-3-4-5-10-24-16-7-9-17-14(11-16)13-20(22,23)19-12-15(21)6-8-18(17)19/h6-9,11-12H,2-5,10,13H2,1H3. The van der Waals surface area contributed by atoms with Crippen molar-refractivity contribution < 1.29 is 13.5 Å². The number of ether oxygens (including phenoxy) is 1. The van der Waals surface area contributed by atoms with Crippen LogP contribution in [0.3, 0.4) is 0 Å². The monoisotopic (exact) mass is 394 g/mol. The molecule has 1 aliphatic carbocycles. The maximum absolute atomic E-state index is 14.5. The molecule has 0 bridgehead atoms. The summed E-state index contributed by atoms with van der Waals surface area (Å²) in [6, 6.07) is 10.6. The Morgan fingerprint density at radius 1 is 1.04 bits per heavy atom. The van der Waals surface area contributed by atoms with Crippen molar-refractivity contribution in [3.63, 3.8) is 0 Å². The lowest BCUT2D eigenvalue weighted by Gasteiger charge is -2.28. The summed E-state index contributed by atoms with van der Waals surface area (Å²) in [6.45, 7) is 2.81. The van der Waals surface area contributed by atoms with E-state index in [0.717, 1.165) is 18.4 Å². The van der Waals surface area contributed by atoms with Gasteiger partial charge in [-0.3, -0.25) is 0 Å². The SMILES string of the molecule is CCCCCCOc1ccc2c(c1)CC(F)(F)c1cc(Br)ccc1-2. The molecule has 1 nitrogen and oxygen atoms in total. The van der Waals surface area contributed by atoms with Gasteiger partial charge in [-0.05, 0) is 47.4 Å². The van der Waals surface area contributed by atoms with Crippen LogP contribution in [-0.4, -0.2) is 6.61 Å². The third kappa shape index (κ3) is 3.64. The summed E-state index contributed by atoms with van der Waals surface area (Å²) in [5.74, 6) is -2.17. The van der Waals surface area contributed by atoms with Gasteiger partial charge in [-0.25, -0.2) is 8.78 Å². The van der Waals surface area contributed by atoms with E-state index < -0.39 is 5.92 Å². The second-order valence-electron chi connectivity index (χ2n) is 6.30. The largest absolute Gasteiger partial charge is 0.494 e. The molecule has 0 saturated carbocycles. The molecule has 0 aliphatic heterocycles. The Bertz CT molecular complexity index is 728. The van der Waals surface area contributed by atoms with E-state index in [4.69, 9.17) is 4.74 Å². The third-order valence-corrected chi connectivity index (χ3v) is 4.91. The van der Waals surface area contributed by atoms with Gasteiger partial charge in [-0.2, -0.15) is 0 Å².